The van der Waals surface area contributed by atoms with E-state index in [-0.39, 0.29) is 12.0 Å². The average molecular weight is 268 g/mol. The van der Waals surface area contributed by atoms with E-state index in [1.165, 1.54) is 0 Å². The number of carbonyl (C=O) groups is 1. The maximum atomic E-state index is 10.9. The van der Waals surface area contributed by atoms with Crippen molar-refractivity contribution in [1.29, 1.82) is 0 Å². The second-order valence-electron chi connectivity index (χ2n) is 5.07. The van der Waals surface area contributed by atoms with Crippen LogP contribution in [0.4, 0.5) is 0 Å². The minimum Gasteiger partial charge on any atom is -0.481 e. The van der Waals surface area contributed by atoms with Gasteiger partial charge in [0.1, 0.15) is 0 Å². The molecular weight excluding hydrogens is 248 g/mol. The molecule has 0 bridgehead atoms. The average Bonchev–Trinajstić information content (AvgIpc) is 2.76. The predicted octanol–water partition coefficient (Wildman–Crippen LogP) is 2.75. The number of thiazole rings is 1. The van der Waals surface area contributed by atoms with Crippen LogP contribution in [0, 0.1) is 12.8 Å². The van der Waals surface area contributed by atoms with Crippen LogP contribution in [0.5, 0.6) is 0 Å². The summed E-state index contributed by atoms with van der Waals surface area (Å²) < 4.78 is 0. The van der Waals surface area contributed by atoms with Gasteiger partial charge in [0.2, 0.25) is 0 Å². The van der Waals surface area contributed by atoms with Crippen LogP contribution in [-0.2, 0) is 4.79 Å². The van der Waals surface area contributed by atoms with Crippen molar-refractivity contribution in [2.24, 2.45) is 5.92 Å². The van der Waals surface area contributed by atoms with Crippen LogP contribution < -0.4 is 5.32 Å². The summed E-state index contributed by atoms with van der Waals surface area (Å²) in [6.45, 7) is 4.14. The number of carboxylic acids is 1. The van der Waals surface area contributed by atoms with Crippen molar-refractivity contribution in [3.63, 3.8) is 0 Å². The minimum atomic E-state index is -0.642. The number of aromatic nitrogens is 1. The Labute approximate surface area is 111 Å². The van der Waals surface area contributed by atoms with E-state index < -0.39 is 5.97 Å². The zero-order chi connectivity index (χ0) is 13.1. The Morgan fingerprint density at radius 3 is 2.67 bits per heavy atom. The number of rotatable bonds is 4. The molecule has 1 atom stereocenters. The Morgan fingerprint density at radius 2 is 2.17 bits per heavy atom. The summed E-state index contributed by atoms with van der Waals surface area (Å²) in [5.74, 6) is -0.781. The van der Waals surface area contributed by atoms with Crippen LogP contribution >= 0.6 is 11.3 Å². The Kier molecular flexibility index (Phi) is 4.35. The van der Waals surface area contributed by atoms with E-state index in [0.29, 0.717) is 6.04 Å². The van der Waals surface area contributed by atoms with Crippen LogP contribution in [0.3, 0.4) is 0 Å². The number of nitrogens with zero attached hydrogens (tertiary/aromatic N) is 1. The summed E-state index contributed by atoms with van der Waals surface area (Å²) in [7, 11) is 0. The summed E-state index contributed by atoms with van der Waals surface area (Å²) in [4.78, 5) is 15.4. The molecule has 0 amide bonds. The number of aryl methyl sites for hydroxylation is 1. The Bertz CT molecular complexity index is 411. The Balaban J connectivity index is 1.83. The molecular formula is C13H20N2O2S. The van der Waals surface area contributed by atoms with E-state index in [4.69, 9.17) is 5.11 Å². The van der Waals surface area contributed by atoms with Gasteiger partial charge in [-0.3, -0.25) is 4.79 Å². The summed E-state index contributed by atoms with van der Waals surface area (Å²) in [5, 5.41) is 15.7. The molecule has 0 spiro atoms. The fourth-order valence-corrected chi connectivity index (χ4v) is 3.23. The van der Waals surface area contributed by atoms with Crippen molar-refractivity contribution in [3.05, 3.63) is 16.1 Å². The van der Waals surface area contributed by atoms with Crippen LogP contribution in [0.25, 0.3) is 0 Å². The van der Waals surface area contributed by atoms with Crippen molar-refractivity contribution < 1.29 is 9.90 Å². The van der Waals surface area contributed by atoms with Gasteiger partial charge in [0.05, 0.1) is 16.6 Å². The van der Waals surface area contributed by atoms with Gasteiger partial charge in [-0.2, -0.15) is 0 Å². The van der Waals surface area contributed by atoms with Gasteiger partial charge >= 0.3 is 5.97 Å². The highest BCUT2D eigenvalue weighted by Crippen LogP contribution is 2.26. The van der Waals surface area contributed by atoms with Gasteiger partial charge in [-0.1, -0.05) is 0 Å². The molecule has 1 aromatic heterocycles. The number of nitrogens with one attached hydrogen (secondary N) is 1. The van der Waals surface area contributed by atoms with Gasteiger partial charge in [-0.05, 0) is 39.5 Å². The van der Waals surface area contributed by atoms with E-state index in [9.17, 15) is 4.79 Å². The van der Waals surface area contributed by atoms with E-state index >= 15 is 0 Å². The third-order valence-electron chi connectivity index (χ3n) is 3.64. The molecule has 1 heterocycles. The lowest BCUT2D eigenvalue weighted by atomic mass is 9.86. The standard InChI is InChI=1S/C13H20N2O2S/c1-8(12-7-18-9(2)15-12)14-11-5-3-10(4-6-11)13(16)17/h7-8,10-11,14H,3-6H2,1-2H3,(H,16,17). The molecule has 0 aromatic carbocycles. The zero-order valence-corrected chi connectivity index (χ0v) is 11.7. The summed E-state index contributed by atoms with van der Waals surface area (Å²) in [5.41, 5.74) is 1.10. The molecule has 1 saturated carbocycles. The SMILES string of the molecule is Cc1nc(C(C)NC2CCC(C(=O)O)CC2)cs1. The van der Waals surface area contributed by atoms with Gasteiger partial charge in [0.15, 0.2) is 0 Å². The van der Waals surface area contributed by atoms with Crippen LogP contribution in [0.2, 0.25) is 0 Å². The molecule has 2 rings (SSSR count). The highest BCUT2D eigenvalue weighted by Gasteiger charge is 2.26. The third-order valence-corrected chi connectivity index (χ3v) is 4.43. The minimum absolute atomic E-state index is 0.139. The number of hydrogen-bond acceptors (Lipinski definition) is 4. The number of hydrogen-bond donors (Lipinski definition) is 2. The van der Waals surface area contributed by atoms with Gasteiger partial charge in [-0.15, -0.1) is 11.3 Å². The second-order valence-corrected chi connectivity index (χ2v) is 6.13. The Hall–Kier alpha value is -0.940. The fourth-order valence-electron chi connectivity index (χ4n) is 2.53. The van der Waals surface area contributed by atoms with Crippen LogP contribution in [-0.4, -0.2) is 22.1 Å². The van der Waals surface area contributed by atoms with Crippen molar-refractivity contribution in [3.8, 4) is 0 Å². The molecule has 0 aliphatic heterocycles. The normalized spacial score (nSPS) is 25.9. The van der Waals surface area contributed by atoms with Crippen molar-refractivity contribution in [2.45, 2.75) is 51.6 Å². The van der Waals surface area contributed by atoms with E-state index in [0.717, 1.165) is 36.4 Å². The molecule has 18 heavy (non-hydrogen) atoms. The molecule has 1 unspecified atom stereocenters. The second kappa shape index (κ2) is 5.80. The van der Waals surface area contributed by atoms with Gasteiger partial charge in [0, 0.05) is 17.5 Å². The third kappa shape index (κ3) is 3.29. The topological polar surface area (TPSA) is 62.2 Å². The maximum absolute atomic E-state index is 10.9. The summed E-state index contributed by atoms with van der Waals surface area (Å²) >= 11 is 1.67. The fraction of sp³-hybridized carbons (Fsp3) is 0.692. The van der Waals surface area contributed by atoms with Crippen LogP contribution in [0.1, 0.15) is 49.4 Å². The zero-order valence-electron chi connectivity index (χ0n) is 10.8. The van der Waals surface area contributed by atoms with Gasteiger partial charge < -0.3 is 10.4 Å². The molecule has 1 aliphatic carbocycles. The van der Waals surface area contributed by atoms with Gasteiger partial charge in [-0.25, -0.2) is 4.98 Å². The highest BCUT2D eigenvalue weighted by molar-refractivity contribution is 7.09. The first-order chi connectivity index (χ1) is 8.56. The molecule has 4 nitrogen and oxygen atoms in total. The van der Waals surface area contributed by atoms with Crippen molar-refractivity contribution >= 4 is 17.3 Å². The lowest BCUT2D eigenvalue weighted by Gasteiger charge is -2.29. The quantitative estimate of drug-likeness (QED) is 0.881. The summed E-state index contributed by atoms with van der Waals surface area (Å²) in [6.07, 6.45) is 3.47. The first kappa shape index (κ1) is 13.5. The first-order valence-electron chi connectivity index (χ1n) is 6.47. The molecule has 100 valence electrons. The smallest absolute Gasteiger partial charge is 0.306 e. The van der Waals surface area contributed by atoms with E-state index in [1.807, 2.05) is 6.92 Å². The lowest BCUT2D eigenvalue weighted by molar-refractivity contribution is -0.142. The monoisotopic (exact) mass is 268 g/mol. The van der Waals surface area contributed by atoms with Crippen molar-refractivity contribution in [2.75, 3.05) is 0 Å². The number of carboxylic acid groups (broad SMARTS) is 1. The largest absolute Gasteiger partial charge is 0.481 e. The predicted molar refractivity (Wildman–Crippen MR) is 71.8 cm³/mol. The highest BCUT2D eigenvalue weighted by atomic mass is 32.1. The van der Waals surface area contributed by atoms with Crippen LogP contribution in [0.15, 0.2) is 5.38 Å². The molecule has 5 heteroatoms. The van der Waals surface area contributed by atoms with Crippen molar-refractivity contribution in [1.82, 2.24) is 10.3 Å². The Morgan fingerprint density at radius 1 is 1.50 bits per heavy atom. The molecule has 1 aliphatic rings. The first-order valence-corrected chi connectivity index (χ1v) is 7.35. The molecule has 1 fully saturated rings. The number of aliphatic carboxylic acids is 1. The molecule has 0 radical (unpaired) electrons. The molecule has 2 N–H and O–H groups in total. The van der Waals surface area contributed by atoms with E-state index in [1.54, 1.807) is 11.3 Å². The molecule has 1 aromatic rings. The maximum Gasteiger partial charge on any atom is 0.306 e. The summed E-state index contributed by atoms with van der Waals surface area (Å²) in [6, 6.07) is 0.680. The van der Waals surface area contributed by atoms with E-state index in [2.05, 4.69) is 22.6 Å². The van der Waals surface area contributed by atoms with Gasteiger partial charge in [0.25, 0.3) is 0 Å². The lowest BCUT2D eigenvalue weighted by Crippen LogP contribution is -2.36. The molecule has 0 saturated heterocycles.